The van der Waals surface area contributed by atoms with Gasteiger partial charge in [-0.2, -0.15) is 0 Å². The van der Waals surface area contributed by atoms with E-state index in [-0.39, 0.29) is 0 Å². The zero-order valence-corrected chi connectivity index (χ0v) is 11.2. The van der Waals surface area contributed by atoms with Gasteiger partial charge in [0.2, 0.25) is 0 Å². The van der Waals surface area contributed by atoms with Gasteiger partial charge in [0.05, 0.1) is 13.2 Å². The monoisotopic (exact) mass is 249 g/mol. The second-order valence-corrected chi connectivity index (χ2v) is 5.22. The molecule has 0 saturated heterocycles. The molecule has 1 fully saturated rings. The number of aliphatic hydroxyl groups is 1. The van der Waals surface area contributed by atoms with Gasteiger partial charge in [0.1, 0.15) is 5.75 Å². The van der Waals surface area contributed by atoms with E-state index in [0.29, 0.717) is 12.6 Å². The SMILES string of the molecule is COc1cccc(C(O)CNC2CCCC2C)c1. The Bertz CT molecular complexity index is 381. The summed E-state index contributed by atoms with van der Waals surface area (Å²) in [6, 6.07) is 8.19. The highest BCUT2D eigenvalue weighted by Crippen LogP contribution is 2.25. The second kappa shape index (κ2) is 6.21. The van der Waals surface area contributed by atoms with Gasteiger partial charge in [-0.15, -0.1) is 0 Å². The van der Waals surface area contributed by atoms with Crippen LogP contribution in [0.2, 0.25) is 0 Å². The van der Waals surface area contributed by atoms with Crippen LogP contribution in [0.5, 0.6) is 5.75 Å². The van der Waals surface area contributed by atoms with Crippen molar-refractivity contribution in [3.05, 3.63) is 29.8 Å². The van der Waals surface area contributed by atoms with Crippen LogP contribution in [-0.4, -0.2) is 24.8 Å². The van der Waals surface area contributed by atoms with Crippen molar-refractivity contribution in [3.63, 3.8) is 0 Å². The summed E-state index contributed by atoms with van der Waals surface area (Å²) in [4.78, 5) is 0. The van der Waals surface area contributed by atoms with Gasteiger partial charge in [-0.1, -0.05) is 25.5 Å². The second-order valence-electron chi connectivity index (χ2n) is 5.22. The Hall–Kier alpha value is -1.06. The average molecular weight is 249 g/mol. The predicted molar refractivity (Wildman–Crippen MR) is 72.8 cm³/mol. The number of methoxy groups -OCH3 is 1. The third-order valence-corrected chi connectivity index (χ3v) is 3.91. The first-order chi connectivity index (χ1) is 8.70. The molecule has 1 aliphatic rings. The van der Waals surface area contributed by atoms with E-state index in [1.54, 1.807) is 7.11 Å². The molecule has 1 aromatic carbocycles. The molecule has 0 spiro atoms. The highest BCUT2D eigenvalue weighted by molar-refractivity contribution is 5.29. The zero-order chi connectivity index (χ0) is 13.0. The van der Waals surface area contributed by atoms with Gasteiger partial charge < -0.3 is 15.2 Å². The summed E-state index contributed by atoms with van der Waals surface area (Å²) in [6.45, 7) is 2.89. The Kier molecular flexibility index (Phi) is 4.61. The lowest BCUT2D eigenvalue weighted by atomic mass is 10.1. The standard InChI is InChI=1S/C15H23NO2/c1-11-5-3-8-14(11)16-10-15(17)12-6-4-7-13(9-12)18-2/h4,6-7,9,11,14-17H,3,5,8,10H2,1-2H3. The van der Waals surface area contributed by atoms with Crippen molar-refractivity contribution >= 4 is 0 Å². The topological polar surface area (TPSA) is 41.5 Å². The highest BCUT2D eigenvalue weighted by atomic mass is 16.5. The number of benzene rings is 1. The molecule has 3 unspecified atom stereocenters. The maximum atomic E-state index is 10.2. The Morgan fingerprint density at radius 2 is 2.28 bits per heavy atom. The van der Waals surface area contributed by atoms with E-state index < -0.39 is 6.10 Å². The molecule has 3 nitrogen and oxygen atoms in total. The van der Waals surface area contributed by atoms with Crippen LogP contribution in [0.15, 0.2) is 24.3 Å². The van der Waals surface area contributed by atoms with Crippen molar-refractivity contribution in [2.75, 3.05) is 13.7 Å². The molecule has 1 aromatic rings. The fourth-order valence-corrected chi connectivity index (χ4v) is 2.68. The van der Waals surface area contributed by atoms with Crippen LogP contribution < -0.4 is 10.1 Å². The molecule has 0 aromatic heterocycles. The van der Waals surface area contributed by atoms with Gasteiger partial charge in [0.15, 0.2) is 0 Å². The molecule has 2 rings (SSSR count). The number of nitrogens with one attached hydrogen (secondary N) is 1. The fraction of sp³-hybridized carbons (Fsp3) is 0.600. The van der Waals surface area contributed by atoms with Crippen molar-refractivity contribution in [3.8, 4) is 5.75 Å². The smallest absolute Gasteiger partial charge is 0.119 e. The number of hydrogen-bond acceptors (Lipinski definition) is 3. The molecule has 2 N–H and O–H groups in total. The largest absolute Gasteiger partial charge is 0.497 e. The van der Waals surface area contributed by atoms with Crippen molar-refractivity contribution in [2.24, 2.45) is 5.92 Å². The minimum absolute atomic E-state index is 0.465. The number of hydrogen-bond donors (Lipinski definition) is 2. The molecule has 1 aliphatic carbocycles. The lowest BCUT2D eigenvalue weighted by molar-refractivity contribution is 0.166. The Balaban J connectivity index is 1.88. The van der Waals surface area contributed by atoms with E-state index >= 15 is 0 Å². The van der Waals surface area contributed by atoms with E-state index in [2.05, 4.69) is 12.2 Å². The molecule has 0 amide bonds. The predicted octanol–water partition coefficient (Wildman–Crippen LogP) is 2.51. The normalized spacial score (nSPS) is 25.1. The van der Waals surface area contributed by atoms with Crippen LogP contribution >= 0.6 is 0 Å². The van der Waals surface area contributed by atoms with Crippen LogP contribution in [0, 0.1) is 5.92 Å². The Morgan fingerprint density at radius 1 is 1.44 bits per heavy atom. The summed E-state index contributed by atoms with van der Waals surface area (Å²) in [5, 5.41) is 13.6. The quantitative estimate of drug-likeness (QED) is 0.842. The van der Waals surface area contributed by atoms with Crippen LogP contribution in [0.4, 0.5) is 0 Å². The summed E-state index contributed by atoms with van der Waals surface area (Å²) >= 11 is 0. The van der Waals surface area contributed by atoms with E-state index in [0.717, 1.165) is 17.2 Å². The van der Waals surface area contributed by atoms with E-state index in [1.165, 1.54) is 19.3 Å². The molecule has 0 radical (unpaired) electrons. The van der Waals surface area contributed by atoms with Crippen LogP contribution in [-0.2, 0) is 0 Å². The summed E-state index contributed by atoms with van der Waals surface area (Å²) < 4.78 is 5.17. The Morgan fingerprint density at radius 3 is 2.94 bits per heavy atom. The van der Waals surface area contributed by atoms with Gasteiger partial charge in [-0.3, -0.25) is 0 Å². The fourth-order valence-electron chi connectivity index (χ4n) is 2.68. The van der Waals surface area contributed by atoms with E-state index in [9.17, 15) is 5.11 Å². The summed E-state index contributed by atoms with van der Waals surface area (Å²) in [7, 11) is 1.64. The maximum absolute atomic E-state index is 10.2. The summed E-state index contributed by atoms with van der Waals surface area (Å²) in [6.07, 6.45) is 3.36. The molecular formula is C15H23NO2. The van der Waals surface area contributed by atoms with Gasteiger partial charge in [-0.05, 0) is 36.5 Å². The number of rotatable bonds is 5. The molecule has 100 valence electrons. The first-order valence-electron chi connectivity index (χ1n) is 6.76. The van der Waals surface area contributed by atoms with Crippen LogP contribution in [0.3, 0.4) is 0 Å². The van der Waals surface area contributed by atoms with Crippen molar-refractivity contribution in [1.29, 1.82) is 0 Å². The lowest BCUT2D eigenvalue weighted by Gasteiger charge is -2.20. The van der Waals surface area contributed by atoms with Crippen molar-refractivity contribution in [2.45, 2.75) is 38.3 Å². The lowest BCUT2D eigenvalue weighted by Crippen LogP contribution is -2.34. The van der Waals surface area contributed by atoms with Gasteiger partial charge in [-0.25, -0.2) is 0 Å². The van der Waals surface area contributed by atoms with Gasteiger partial charge in [0, 0.05) is 12.6 Å². The van der Waals surface area contributed by atoms with E-state index in [1.807, 2.05) is 24.3 Å². The third kappa shape index (κ3) is 3.24. The van der Waals surface area contributed by atoms with Crippen LogP contribution in [0.1, 0.15) is 37.9 Å². The average Bonchev–Trinajstić information content (AvgIpc) is 2.81. The molecule has 3 heteroatoms. The molecular weight excluding hydrogens is 226 g/mol. The zero-order valence-electron chi connectivity index (χ0n) is 11.2. The third-order valence-electron chi connectivity index (χ3n) is 3.91. The number of aliphatic hydroxyl groups excluding tert-OH is 1. The minimum atomic E-state index is -0.465. The first-order valence-corrected chi connectivity index (χ1v) is 6.76. The van der Waals surface area contributed by atoms with Gasteiger partial charge in [0.25, 0.3) is 0 Å². The van der Waals surface area contributed by atoms with Crippen molar-refractivity contribution in [1.82, 2.24) is 5.32 Å². The van der Waals surface area contributed by atoms with Gasteiger partial charge >= 0.3 is 0 Å². The van der Waals surface area contributed by atoms with Crippen LogP contribution in [0.25, 0.3) is 0 Å². The summed E-state index contributed by atoms with van der Waals surface area (Å²) in [5.74, 6) is 1.52. The molecule has 3 atom stereocenters. The Labute approximate surface area is 109 Å². The first kappa shape index (κ1) is 13.4. The number of ether oxygens (including phenoxy) is 1. The molecule has 0 heterocycles. The van der Waals surface area contributed by atoms with Crippen molar-refractivity contribution < 1.29 is 9.84 Å². The highest BCUT2D eigenvalue weighted by Gasteiger charge is 2.23. The molecule has 0 bridgehead atoms. The minimum Gasteiger partial charge on any atom is -0.497 e. The van der Waals surface area contributed by atoms with E-state index in [4.69, 9.17) is 4.74 Å². The summed E-state index contributed by atoms with van der Waals surface area (Å²) in [5.41, 5.74) is 0.910. The molecule has 18 heavy (non-hydrogen) atoms. The maximum Gasteiger partial charge on any atom is 0.119 e. The molecule has 0 aliphatic heterocycles. The molecule has 1 saturated carbocycles.